The van der Waals surface area contributed by atoms with E-state index in [1.165, 1.54) is 43.7 Å². The lowest BCUT2D eigenvalue weighted by Crippen LogP contribution is -2.03. The zero-order valence-electron chi connectivity index (χ0n) is 29.3. The van der Waals surface area contributed by atoms with Gasteiger partial charge in [-0.25, -0.2) is 9.97 Å². The van der Waals surface area contributed by atoms with Gasteiger partial charge in [0.2, 0.25) is 5.95 Å². The third kappa shape index (κ3) is 4.78. The molecule has 4 heteroatoms. The molecule has 0 fully saturated rings. The van der Waals surface area contributed by atoms with Crippen molar-refractivity contribution in [3.63, 3.8) is 0 Å². The summed E-state index contributed by atoms with van der Waals surface area (Å²) in [7, 11) is 0. The summed E-state index contributed by atoms with van der Waals surface area (Å²) in [4.78, 5) is 10.6. The van der Waals surface area contributed by atoms with Crippen LogP contribution < -0.4 is 0 Å². The summed E-state index contributed by atoms with van der Waals surface area (Å²) in [6.45, 7) is 0. The summed E-state index contributed by atoms with van der Waals surface area (Å²) >= 11 is 0. The molecule has 0 bridgehead atoms. The fourth-order valence-corrected chi connectivity index (χ4v) is 8.21. The van der Waals surface area contributed by atoms with Crippen LogP contribution in [0.4, 0.5) is 0 Å². The van der Waals surface area contributed by atoms with Crippen LogP contribution in [0.5, 0.6) is 0 Å². The van der Waals surface area contributed by atoms with Crippen molar-refractivity contribution < 1.29 is 0 Å². The van der Waals surface area contributed by atoms with Gasteiger partial charge in [-0.05, 0) is 70.8 Å². The van der Waals surface area contributed by atoms with Crippen molar-refractivity contribution in [3.8, 4) is 45.1 Å². The van der Waals surface area contributed by atoms with Crippen molar-refractivity contribution in [2.75, 3.05) is 0 Å². The van der Waals surface area contributed by atoms with E-state index in [0.29, 0.717) is 5.95 Å². The molecule has 3 heterocycles. The van der Waals surface area contributed by atoms with E-state index in [-0.39, 0.29) is 0 Å². The summed E-state index contributed by atoms with van der Waals surface area (Å²) in [5.41, 5.74) is 13.2. The maximum Gasteiger partial charge on any atom is 0.235 e. The van der Waals surface area contributed by atoms with E-state index in [0.717, 1.165) is 50.0 Å². The summed E-state index contributed by atoms with van der Waals surface area (Å²) < 4.78 is 4.60. The molecule has 0 N–H and O–H groups in total. The number of aromatic nitrogens is 4. The van der Waals surface area contributed by atoms with Crippen molar-refractivity contribution in [3.05, 3.63) is 194 Å². The Bertz CT molecular complexity index is 3190. The molecule has 0 spiro atoms. The van der Waals surface area contributed by atoms with Crippen molar-refractivity contribution >= 4 is 54.5 Å². The second kappa shape index (κ2) is 12.1. The first-order valence-corrected chi connectivity index (χ1v) is 18.3. The third-order valence-electron chi connectivity index (χ3n) is 10.8. The Kier molecular flexibility index (Phi) is 6.82. The molecule has 4 nitrogen and oxygen atoms in total. The van der Waals surface area contributed by atoms with Gasteiger partial charge in [0.15, 0.2) is 0 Å². The molecule has 11 aromatic rings. The minimum absolute atomic E-state index is 0.653. The van der Waals surface area contributed by atoms with E-state index in [1.807, 2.05) is 6.07 Å². The SMILES string of the molecule is c1ccc(-c2ccc(-c3nc(-n4c5ccccc5c5ccc(-c6ccc7c(c6)c6ccccc6n7-c6ccccc6)cc54)nc4ccccc34)cc2)cc1. The first kappa shape index (κ1) is 30.3. The minimum atomic E-state index is 0.653. The Morgan fingerprint density at radius 2 is 0.815 bits per heavy atom. The summed E-state index contributed by atoms with van der Waals surface area (Å²) in [5.74, 6) is 0.653. The highest BCUT2D eigenvalue weighted by molar-refractivity contribution is 6.12. The molecule has 0 aliphatic rings. The van der Waals surface area contributed by atoms with Crippen LogP contribution in [0.25, 0.3) is 99.7 Å². The molecule has 0 saturated heterocycles. The van der Waals surface area contributed by atoms with E-state index >= 15 is 0 Å². The molecule has 0 saturated carbocycles. The van der Waals surface area contributed by atoms with Gasteiger partial charge in [0.25, 0.3) is 0 Å². The standard InChI is InChI=1S/C50H32N4/c1-3-13-33(14-4-1)34-23-25-35(26-24-34)49-42-19-7-10-20-44(42)51-50(52-49)54-46-22-12-8-17-39(46)41-29-27-37(32-48(41)54)36-28-30-47-43(31-36)40-18-9-11-21-45(40)53(47)38-15-5-2-6-16-38/h1-32H. The lowest BCUT2D eigenvalue weighted by atomic mass is 10.0. The van der Waals surface area contributed by atoms with Crippen LogP contribution >= 0.6 is 0 Å². The molecule has 252 valence electrons. The van der Waals surface area contributed by atoms with Crippen LogP contribution in [0.1, 0.15) is 0 Å². The highest BCUT2D eigenvalue weighted by Crippen LogP contribution is 2.39. The fourth-order valence-electron chi connectivity index (χ4n) is 8.21. The maximum absolute atomic E-state index is 5.37. The van der Waals surface area contributed by atoms with E-state index < -0.39 is 0 Å². The van der Waals surface area contributed by atoms with Crippen molar-refractivity contribution in [2.24, 2.45) is 0 Å². The van der Waals surface area contributed by atoms with Crippen molar-refractivity contribution in [2.45, 2.75) is 0 Å². The van der Waals surface area contributed by atoms with Gasteiger partial charge in [0.05, 0.1) is 33.3 Å². The first-order chi connectivity index (χ1) is 26.8. The molecular formula is C50H32N4. The number of benzene rings is 8. The molecular weight excluding hydrogens is 657 g/mol. The first-order valence-electron chi connectivity index (χ1n) is 18.3. The molecule has 3 aromatic heterocycles. The molecule has 54 heavy (non-hydrogen) atoms. The van der Waals surface area contributed by atoms with Gasteiger partial charge < -0.3 is 4.57 Å². The normalized spacial score (nSPS) is 11.7. The number of hydrogen-bond donors (Lipinski definition) is 0. The van der Waals surface area contributed by atoms with Crippen molar-refractivity contribution in [1.82, 2.24) is 19.1 Å². The Hall–Kier alpha value is -7.30. The second-order valence-corrected chi connectivity index (χ2v) is 13.8. The molecule has 0 aliphatic carbocycles. The van der Waals surface area contributed by atoms with Gasteiger partial charge in [-0.15, -0.1) is 0 Å². The highest BCUT2D eigenvalue weighted by atomic mass is 15.2. The van der Waals surface area contributed by atoms with Crippen LogP contribution in [0.15, 0.2) is 194 Å². The largest absolute Gasteiger partial charge is 0.309 e. The summed E-state index contributed by atoms with van der Waals surface area (Å²) in [6, 6.07) is 69.1. The average molecular weight is 689 g/mol. The maximum atomic E-state index is 5.37. The van der Waals surface area contributed by atoms with E-state index in [2.05, 4.69) is 197 Å². The Morgan fingerprint density at radius 1 is 0.296 bits per heavy atom. The third-order valence-corrected chi connectivity index (χ3v) is 10.8. The molecule has 0 aliphatic heterocycles. The van der Waals surface area contributed by atoms with E-state index in [9.17, 15) is 0 Å². The Labute approximate surface area is 311 Å². The highest BCUT2D eigenvalue weighted by Gasteiger charge is 2.19. The molecule has 11 rings (SSSR count). The van der Waals surface area contributed by atoms with Crippen LogP contribution in [0, 0.1) is 0 Å². The predicted molar refractivity (Wildman–Crippen MR) is 225 cm³/mol. The van der Waals surface area contributed by atoms with E-state index in [1.54, 1.807) is 0 Å². The van der Waals surface area contributed by atoms with Gasteiger partial charge >= 0.3 is 0 Å². The lowest BCUT2D eigenvalue weighted by Gasteiger charge is -2.13. The zero-order valence-corrected chi connectivity index (χ0v) is 29.3. The van der Waals surface area contributed by atoms with Crippen LogP contribution in [0.3, 0.4) is 0 Å². The van der Waals surface area contributed by atoms with Crippen LogP contribution in [-0.4, -0.2) is 19.1 Å². The number of para-hydroxylation sites is 4. The number of hydrogen-bond acceptors (Lipinski definition) is 2. The van der Waals surface area contributed by atoms with Crippen LogP contribution in [-0.2, 0) is 0 Å². The monoisotopic (exact) mass is 688 g/mol. The fraction of sp³-hybridized carbons (Fsp3) is 0. The molecule has 8 aromatic carbocycles. The van der Waals surface area contributed by atoms with Gasteiger partial charge in [-0.1, -0.05) is 146 Å². The summed E-state index contributed by atoms with van der Waals surface area (Å²) in [6.07, 6.45) is 0. The number of rotatable bonds is 5. The number of fused-ring (bicyclic) bond motifs is 7. The topological polar surface area (TPSA) is 35.6 Å². The zero-order chi connectivity index (χ0) is 35.6. The molecule has 0 atom stereocenters. The lowest BCUT2D eigenvalue weighted by molar-refractivity contribution is 1.01. The quantitative estimate of drug-likeness (QED) is 0.180. The molecule has 0 unspecified atom stereocenters. The van der Waals surface area contributed by atoms with Crippen molar-refractivity contribution in [1.29, 1.82) is 0 Å². The Morgan fingerprint density at radius 3 is 1.59 bits per heavy atom. The van der Waals surface area contributed by atoms with Gasteiger partial charge in [0.1, 0.15) is 0 Å². The van der Waals surface area contributed by atoms with Gasteiger partial charge in [0, 0.05) is 38.2 Å². The van der Waals surface area contributed by atoms with E-state index in [4.69, 9.17) is 9.97 Å². The van der Waals surface area contributed by atoms with Gasteiger partial charge in [-0.2, -0.15) is 0 Å². The smallest absolute Gasteiger partial charge is 0.235 e. The minimum Gasteiger partial charge on any atom is -0.309 e. The molecule has 0 radical (unpaired) electrons. The second-order valence-electron chi connectivity index (χ2n) is 13.8. The predicted octanol–water partition coefficient (Wildman–Crippen LogP) is 12.8. The summed E-state index contributed by atoms with van der Waals surface area (Å²) in [5, 5.41) is 5.83. The van der Waals surface area contributed by atoms with Crippen LogP contribution in [0.2, 0.25) is 0 Å². The van der Waals surface area contributed by atoms with Gasteiger partial charge in [-0.3, -0.25) is 4.57 Å². The average Bonchev–Trinajstić information content (AvgIpc) is 3.76. The Balaban J connectivity index is 1.10. The molecule has 0 amide bonds. The number of nitrogens with zero attached hydrogens (tertiary/aromatic N) is 4.